The monoisotopic (exact) mass is 342 g/mol. The fourth-order valence-electron chi connectivity index (χ4n) is 2.99. The molecule has 0 saturated carbocycles. The van der Waals surface area contributed by atoms with Gasteiger partial charge in [0, 0.05) is 24.6 Å². The first-order valence-electron chi connectivity index (χ1n) is 8.41. The molecular formula is C19H22N2O4. The van der Waals surface area contributed by atoms with Crippen LogP contribution in [0, 0.1) is 5.92 Å². The molecule has 1 aromatic heterocycles. The van der Waals surface area contributed by atoms with E-state index in [0.29, 0.717) is 38.0 Å². The lowest BCUT2D eigenvalue weighted by Gasteiger charge is -2.31. The van der Waals surface area contributed by atoms with Gasteiger partial charge in [-0.05, 0) is 49.2 Å². The Morgan fingerprint density at radius 3 is 2.52 bits per heavy atom. The largest absolute Gasteiger partial charge is 0.497 e. The molecule has 1 aliphatic rings. The fraction of sp³-hybridized carbons (Fsp3) is 0.368. The maximum absolute atomic E-state index is 12.5. The van der Waals surface area contributed by atoms with Gasteiger partial charge in [-0.25, -0.2) is 0 Å². The molecule has 2 amide bonds. The van der Waals surface area contributed by atoms with Crippen LogP contribution in [0.3, 0.4) is 0 Å². The van der Waals surface area contributed by atoms with E-state index in [2.05, 4.69) is 5.32 Å². The summed E-state index contributed by atoms with van der Waals surface area (Å²) in [6.45, 7) is 1.57. The van der Waals surface area contributed by atoms with E-state index in [1.807, 2.05) is 6.07 Å². The Morgan fingerprint density at radius 2 is 1.92 bits per heavy atom. The van der Waals surface area contributed by atoms with Crippen molar-refractivity contribution in [2.45, 2.75) is 19.4 Å². The summed E-state index contributed by atoms with van der Waals surface area (Å²) in [6, 6.07) is 10.7. The molecule has 1 aromatic carbocycles. The number of hydrogen-bond donors (Lipinski definition) is 1. The van der Waals surface area contributed by atoms with Gasteiger partial charge in [-0.15, -0.1) is 0 Å². The summed E-state index contributed by atoms with van der Waals surface area (Å²) >= 11 is 0. The third kappa shape index (κ3) is 4.21. The first-order chi connectivity index (χ1) is 12.2. The molecule has 25 heavy (non-hydrogen) atoms. The smallest absolute Gasteiger partial charge is 0.253 e. The molecule has 0 radical (unpaired) electrons. The number of rotatable bonds is 5. The minimum atomic E-state index is -0.0603. The van der Waals surface area contributed by atoms with Crippen molar-refractivity contribution in [1.82, 2.24) is 10.2 Å². The van der Waals surface area contributed by atoms with Crippen LogP contribution < -0.4 is 10.1 Å². The topological polar surface area (TPSA) is 71.8 Å². The van der Waals surface area contributed by atoms with Gasteiger partial charge in [0.15, 0.2) is 0 Å². The number of carbonyl (C=O) groups excluding carboxylic acids is 2. The summed E-state index contributed by atoms with van der Waals surface area (Å²) in [5, 5.41) is 2.89. The minimum absolute atomic E-state index is 0.00269. The molecular weight excluding hydrogens is 320 g/mol. The number of piperidine rings is 1. The molecule has 0 unspecified atom stereocenters. The van der Waals surface area contributed by atoms with E-state index >= 15 is 0 Å². The van der Waals surface area contributed by atoms with Gasteiger partial charge >= 0.3 is 0 Å². The molecule has 2 aromatic rings. The van der Waals surface area contributed by atoms with Crippen molar-refractivity contribution in [3.8, 4) is 5.75 Å². The van der Waals surface area contributed by atoms with Crippen molar-refractivity contribution in [1.29, 1.82) is 0 Å². The van der Waals surface area contributed by atoms with Crippen LogP contribution in [0.15, 0.2) is 47.1 Å². The molecule has 0 aliphatic carbocycles. The predicted octanol–water partition coefficient (Wildman–Crippen LogP) is 2.46. The Labute approximate surface area is 146 Å². The number of nitrogens with one attached hydrogen (secondary N) is 1. The highest BCUT2D eigenvalue weighted by atomic mass is 16.5. The van der Waals surface area contributed by atoms with Gasteiger partial charge in [0.1, 0.15) is 11.5 Å². The molecule has 1 N–H and O–H groups in total. The minimum Gasteiger partial charge on any atom is -0.497 e. The summed E-state index contributed by atoms with van der Waals surface area (Å²) in [5.41, 5.74) is 0.640. The van der Waals surface area contributed by atoms with Crippen LogP contribution in [0.4, 0.5) is 0 Å². The predicted molar refractivity (Wildman–Crippen MR) is 92.2 cm³/mol. The van der Waals surface area contributed by atoms with Crippen LogP contribution in [0.5, 0.6) is 5.75 Å². The average molecular weight is 342 g/mol. The van der Waals surface area contributed by atoms with Crippen molar-refractivity contribution in [3.05, 3.63) is 54.0 Å². The van der Waals surface area contributed by atoms with Gasteiger partial charge < -0.3 is 19.4 Å². The highest BCUT2D eigenvalue weighted by molar-refractivity contribution is 5.94. The highest BCUT2D eigenvalue weighted by Gasteiger charge is 2.27. The number of furan rings is 1. The number of benzene rings is 1. The molecule has 6 heteroatoms. The standard InChI is InChI=1S/C19H22N2O4/c1-24-16-6-4-15(5-7-16)19(23)21-10-8-14(9-11-21)18(22)20-13-17-3-2-12-25-17/h2-7,12,14H,8-11,13H2,1H3,(H,20,22). The Bertz CT molecular complexity index is 702. The molecule has 2 heterocycles. The fourth-order valence-corrected chi connectivity index (χ4v) is 2.99. The number of likely N-dealkylation sites (tertiary alicyclic amines) is 1. The first-order valence-corrected chi connectivity index (χ1v) is 8.41. The molecule has 3 rings (SSSR count). The Morgan fingerprint density at radius 1 is 1.20 bits per heavy atom. The lowest BCUT2D eigenvalue weighted by Crippen LogP contribution is -2.42. The maximum Gasteiger partial charge on any atom is 0.253 e. The van der Waals surface area contributed by atoms with Crippen molar-refractivity contribution in [3.63, 3.8) is 0 Å². The maximum atomic E-state index is 12.5. The van der Waals surface area contributed by atoms with E-state index in [1.165, 1.54) is 0 Å². The average Bonchev–Trinajstić information content (AvgIpc) is 3.19. The SMILES string of the molecule is COc1ccc(C(=O)N2CCC(C(=O)NCc3ccco3)CC2)cc1. The Hall–Kier alpha value is -2.76. The molecule has 0 spiro atoms. The Balaban J connectivity index is 1.48. The molecule has 0 bridgehead atoms. The first kappa shape index (κ1) is 17.1. The summed E-state index contributed by atoms with van der Waals surface area (Å²) in [5.74, 6) is 1.42. The van der Waals surface area contributed by atoms with E-state index in [-0.39, 0.29) is 17.7 Å². The second-order valence-corrected chi connectivity index (χ2v) is 6.09. The summed E-state index contributed by atoms with van der Waals surface area (Å²) in [4.78, 5) is 26.6. The van der Waals surface area contributed by atoms with Crippen LogP contribution in [-0.2, 0) is 11.3 Å². The van der Waals surface area contributed by atoms with Crippen LogP contribution in [0.1, 0.15) is 29.0 Å². The van der Waals surface area contributed by atoms with Crippen molar-refractivity contribution >= 4 is 11.8 Å². The normalized spacial score (nSPS) is 15.0. The molecule has 1 saturated heterocycles. The van der Waals surface area contributed by atoms with Crippen LogP contribution in [0.25, 0.3) is 0 Å². The molecule has 6 nitrogen and oxygen atoms in total. The van der Waals surface area contributed by atoms with Gasteiger partial charge in [0.2, 0.25) is 5.91 Å². The van der Waals surface area contributed by atoms with E-state index in [4.69, 9.17) is 9.15 Å². The highest BCUT2D eigenvalue weighted by Crippen LogP contribution is 2.20. The van der Waals surface area contributed by atoms with Gasteiger partial charge in [-0.2, -0.15) is 0 Å². The zero-order chi connectivity index (χ0) is 17.6. The second-order valence-electron chi connectivity index (χ2n) is 6.09. The number of carbonyl (C=O) groups is 2. The van der Waals surface area contributed by atoms with Gasteiger partial charge in [-0.3, -0.25) is 9.59 Å². The van der Waals surface area contributed by atoms with Gasteiger partial charge in [-0.1, -0.05) is 0 Å². The zero-order valence-corrected chi connectivity index (χ0v) is 14.2. The third-order valence-corrected chi connectivity index (χ3v) is 4.51. The number of hydrogen-bond acceptors (Lipinski definition) is 4. The van der Waals surface area contributed by atoms with Crippen molar-refractivity contribution in [2.24, 2.45) is 5.92 Å². The Kier molecular flexibility index (Phi) is 5.38. The number of amides is 2. The van der Waals surface area contributed by atoms with Crippen LogP contribution >= 0.6 is 0 Å². The second kappa shape index (κ2) is 7.88. The number of ether oxygens (including phenoxy) is 1. The lowest BCUT2D eigenvalue weighted by molar-refractivity contribution is -0.126. The van der Waals surface area contributed by atoms with Crippen molar-refractivity contribution < 1.29 is 18.7 Å². The summed E-state index contributed by atoms with van der Waals surface area (Å²) in [6.07, 6.45) is 2.93. The van der Waals surface area contributed by atoms with E-state index in [0.717, 1.165) is 11.5 Å². The third-order valence-electron chi connectivity index (χ3n) is 4.51. The number of methoxy groups -OCH3 is 1. The van der Waals surface area contributed by atoms with Crippen LogP contribution in [0.2, 0.25) is 0 Å². The molecule has 132 valence electrons. The molecule has 0 atom stereocenters. The van der Waals surface area contributed by atoms with E-state index in [9.17, 15) is 9.59 Å². The number of nitrogens with zero attached hydrogens (tertiary/aromatic N) is 1. The van der Waals surface area contributed by atoms with Gasteiger partial charge in [0.25, 0.3) is 5.91 Å². The van der Waals surface area contributed by atoms with Gasteiger partial charge in [0.05, 0.1) is 19.9 Å². The summed E-state index contributed by atoms with van der Waals surface area (Å²) < 4.78 is 10.3. The van der Waals surface area contributed by atoms with Crippen LogP contribution in [-0.4, -0.2) is 36.9 Å². The van der Waals surface area contributed by atoms with E-state index < -0.39 is 0 Å². The zero-order valence-electron chi connectivity index (χ0n) is 14.2. The van der Waals surface area contributed by atoms with E-state index in [1.54, 1.807) is 48.6 Å². The summed E-state index contributed by atoms with van der Waals surface area (Å²) in [7, 11) is 1.60. The molecule has 1 fully saturated rings. The van der Waals surface area contributed by atoms with Crippen molar-refractivity contribution in [2.75, 3.05) is 20.2 Å². The quantitative estimate of drug-likeness (QED) is 0.906. The molecule has 1 aliphatic heterocycles. The lowest BCUT2D eigenvalue weighted by atomic mass is 9.95.